The number of carbonyl (C=O) groups is 2. The van der Waals surface area contributed by atoms with E-state index in [1.165, 1.54) is 0 Å². The molecule has 0 bridgehead atoms. The van der Waals surface area contributed by atoms with E-state index in [-0.39, 0.29) is 42.0 Å². The van der Waals surface area contributed by atoms with Gasteiger partial charge in [0, 0.05) is 48.0 Å². The number of ketones is 2. The summed E-state index contributed by atoms with van der Waals surface area (Å²) in [6.45, 7) is 2.94. The molecule has 3 atom stereocenters. The van der Waals surface area contributed by atoms with Crippen LogP contribution in [0.5, 0.6) is 0 Å². The van der Waals surface area contributed by atoms with Crippen molar-refractivity contribution >= 4 is 11.6 Å². The Morgan fingerprint density at radius 2 is 1.19 bits per heavy atom. The van der Waals surface area contributed by atoms with Crippen LogP contribution in [-0.4, -0.2) is 47.3 Å². The van der Waals surface area contributed by atoms with Gasteiger partial charge in [-0.1, -0.05) is 91.0 Å². The molecule has 1 N–H and O–H groups in total. The number of nitrogens with zero attached hydrogens (tertiary/aromatic N) is 1. The first-order chi connectivity index (χ1) is 15.6. The molecule has 3 aromatic carbocycles. The van der Waals surface area contributed by atoms with Gasteiger partial charge in [0.05, 0.1) is 6.61 Å². The fourth-order valence-electron chi connectivity index (χ4n) is 4.83. The van der Waals surface area contributed by atoms with Crippen molar-refractivity contribution in [2.45, 2.75) is 18.9 Å². The second kappa shape index (κ2) is 10.0. The third kappa shape index (κ3) is 4.57. The quantitative estimate of drug-likeness (QED) is 0.566. The lowest BCUT2D eigenvalue weighted by Gasteiger charge is -2.45. The van der Waals surface area contributed by atoms with Gasteiger partial charge in [0.2, 0.25) is 0 Å². The summed E-state index contributed by atoms with van der Waals surface area (Å²) >= 11 is 0. The molecule has 32 heavy (non-hydrogen) atoms. The lowest BCUT2D eigenvalue weighted by atomic mass is 9.68. The van der Waals surface area contributed by atoms with Crippen LogP contribution in [-0.2, 0) is 0 Å². The molecule has 3 aromatic rings. The highest BCUT2D eigenvalue weighted by Gasteiger charge is 2.45. The number of benzene rings is 3. The maximum atomic E-state index is 13.7. The maximum absolute atomic E-state index is 13.7. The first-order valence-electron chi connectivity index (χ1n) is 11.2. The number of hydrogen-bond acceptors (Lipinski definition) is 4. The van der Waals surface area contributed by atoms with E-state index in [1.807, 2.05) is 97.9 Å². The van der Waals surface area contributed by atoms with Crippen molar-refractivity contribution in [1.29, 1.82) is 0 Å². The summed E-state index contributed by atoms with van der Waals surface area (Å²) in [5.74, 6) is -0.931. The summed E-state index contributed by atoms with van der Waals surface area (Å²) in [4.78, 5) is 29.6. The second-order valence-corrected chi connectivity index (χ2v) is 8.60. The van der Waals surface area contributed by atoms with Gasteiger partial charge in [-0.3, -0.25) is 14.5 Å². The van der Waals surface area contributed by atoms with Gasteiger partial charge in [0.15, 0.2) is 11.6 Å². The van der Waals surface area contributed by atoms with Gasteiger partial charge in [0.1, 0.15) is 0 Å². The highest BCUT2D eigenvalue weighted by atomic mass is 16.3. The molecule has 4 heteroatoms. The molecule has 1 fully saturated rings. The number of hydrogen-bond donors (Lipinski definition) is 1. The number of aliphatic hydroxyl groups is 1. The number of Topliss-reactive ketones (excluding diaryl/α,β-unsaturated/α-hetero) is 2. The van der Waals surface area contributed by atoms with Gasteiger partial charge < -0.3 is 5.11 Å². The third-order valence-corrected chi connectivity index (χ3v) is 6.59. The monoisotopic (exact) mass is 427 g/mol. The van der Waals surface area contributed by atoms with Crippen molar-refractivity contribution in [3.05, 3.63) is 108 Å². The van der Waals surface area contributed by atoms with E-state index in [9.17, 15) is 14.7 Å². The Hall–Kier alpha value is -3.08. The molecule has 0 saturated carbocycles. The van der Waals surface area contributed by atoms with E-state index in [1.54, 1.807) is 0 Å². The van der Waals surface area contributed by atoms with Crippen LogP contribution in [0.4, 0.5) is 0 Å². The van der Waals surface area contributed by atoms with E-state index in [0.29, 0.717) is 24.2 Å². The van der Waals surface area contributed by atoms with Crippen LogP contribution < -0.4 is 0 Å². The normalized spacial score (nSPS) is 22.2. The van der Waals surface area contributed by atoms with Crippen molar-refractivity contribution in [2.75, 3.05) is 19.7 Å². The molecule has 4 rings (SSSR count). The van der Waals surface area contributed by atoms with Gasteiger partial charge in [-0.2, -0.15) is 0 Å². The van der Waals surface area contributed by atoms with Gasteiger partial charge in [-0.15, -0.1) is 0 Å². The number of aliphatic hydroxyl groups excluding tert-OH is 1. The van der Waals surface area contributed by atoms with Gasteiger partial charge in [-0.05, 0) is 12.5 Å². The van der Waals surface area contributed by atoms with Gasteiger partial charge in [0.25, 0.3) is 0 Å². The van der Waals surface area contributed by atoms with E-state index in [2.05, 4.69) is 4.90 Å². The minimum Gasteiger partial charge on any atom is -0.395 e. The Morgan fingerprint density at radius 3 is 1.59 bits per heavy atom. The Bertz CT molecular complexity index is 975. The molecule has 1 heterocycles. The Morgan fingerprint density at radius 1 is 0.781 bits per heavy atom. The summed E-state index contributed by atoms with van der Waals surface area (Å²) in [5.41, 5.74) is 2.32. The molecule has 1 saturated heterocycles. The van der Waals surface area contributed by atoms with Crippen LogP contribution in [0, 0.1) is 11.8 Å². The van der Waals surface area contributed by atoms with Gasteiger partial charge in [-0.25, -0.2) is 0 Å². The highest BCUT2D eigenvalue weighted by Crippen LogP contribution is 2.41. The predicted molar refractivity (Wildman–Crippen MR) is 126 cm³/mol. The molecule has 1 aliphatic rings. The van der Waals surface area contributed by atoms with Crippen LogP contribution in [0.2, 0.25) is 0 Å². The summed E-state index contributed by atoms with van der Waals surface area (Å²) in [6.07, 6.45) is 0. The zero-order valence-electron chi connectivity index (χ0n) is 18.3. The Kier molecular flexibility index (Phi) is 6.93. The highest BCUT2D eigenvalue weighted by molar-refractivity contribution is 6.02. The molecular formula is C28H29NO3. The summed E-state index contributed by atoms with van der Waals surface area (Å²) < 4.78 is 0. The van der Waals surface area contributed by atoms with Crippen LogP contribution >= 0.6 is 0 Å². The van der Waals surface area contributed by atoms with Crippen molar-refractivity contribution in [2.24, 2.45) is 11.8 Å². The van der Waals surface area contributed by atoms with Crippen LogP contribution in [0.1, 0.15) is 39.1 Å². The van der Waals surface area contributed by atoms with Crippen LogP contribution in [0.25, 0.3) is 0 Å². The molecule has 0 radical (unpaired) electrons. The van der Waals surface area contributed by atoms with E-state index < -0.39 is 0 Å². The first-order valence-corrected chi connectivity index (χ1v) is 11.2. The van der Waals surface area contributed by atoms with Crippen molar-refractivity contribution in [3.8, 4) is 0 Å². The molecule has 4 nitrogen and oxygen atoms in total. The van der Waals surface area contributed by atoms with E-state index in [4.69, 9.17) is 0 Å². The standard InChI is InChI=1S/C28H29NO3/c1-20(19-30)29-17-24(27(31)22-13-7-3-8-14-22)26(21-11-5-2-6-12-21)25(18-29)28(32)23-15-9-4-10-16-23/h2-16,20,24-26,30H,17-19H2,1H3/t20-,24?,25?,26?/m1/s1. The number of likely N-dealkylation sites (tertiary alicyclic amines) is 1. The lowest BCUT2D eigenvalue weighted by Crippen LogP contribution is -2.53. The average Bonchev–Trinajstić information content (AvgIpc) is 2.88. The van der Waals surface area contributed by atoms with Crippen molar-refractivity contribution < 1.29 is 14.7 Å². The van der Waals surface area contributed by atoms with Gasteiger partial charge >= 0.3 is 0 Å². The van der Waals surface area contributed by atoms with Crippen LogP contribution in [0.3, 0.4) is 0 Å². The van der Waals surface area contributed by atoms with E-state index >= 15 is 0 Å². The maximum Gasteiger partial charge on any atom is 0.167 e. The number of piperidine rings is 1. The molecule has 0 aromatic heterocycles. The smallest absolute Gasteiger partial charge is 0.167 e. The van der Waals surface area contributed by atoms with Crippen molar-refractivity contribution in [1.82, 2.24) is 4.90 Å². The molecule has 0 aliphatic carbocycles. The minimum absolute atomic E-state index is 0.0193. The topological polar surface area (TPSA) is 57.6 Å². The predicted octanol–water partition coefficient (Wildman–Crippen LogP) is 4.46. The first kappa shape index (κ1) is 22.1. The zero-order valence-corrected chi connectivity index (χ0v) is 18.3. The largest absolute Gasteiger partial charge is 0.395 e. The molecule has 0 spiro atoms. The molecule has 1 aliphatic heterocycles. The molecule has 2 unspecified atom stereocenters. The fraction of sp³-hybridized carbons (Fsp3) is 0.286. The van der Waals surface area contributed by atoms with E-state index in [0.717, 1.165) is 5.56 Å². The summed E-state index contributed by atoms with van der Waals surface area (Å²) in [5, 5.41) is 9.84. The zero-order chi connectivity index (χ0) is 22.5. The second-order valence-electron chi connectivity index (χ2n) is 8.60. The van der Waals surface area contributed by atoms with Crippen molar-refractivity contribution in [3.63, 3.8) is 0 Å². The lowest BCUT2D eigenvalue weighted by molar-refractivity contribution is 0.0370. The fourth-order valence-corrected chi connectivity index (χ4v) is 4.83. The van der Waals surface area contributed by atoms with Crippen LogP contribution in [0.15, 0.2) is 91.0 Å². The Labute approximate surface area is 189 Å². The molecule has 164 valence electrons. The number of carbonyl (C=O) groups excluding carboxylic acids is 2. The Balaban J connectivity index is 1.81. The number of rotatable bonds is 7. The SMILES string of the molecule is C[C@H](CO)N1CC(C(=O)c2ccccc2)C(c2ccccc2)C(C(=O)c2ccccc2)C1. The summed E-state index contributed by atoms with van der Waals surface area (Å²) in [7, 11) is 0. The third-order valence-electron chi connectivity index (χ3n) is 6.59. The minimum atomic E-state index is -0.389. The average molecular weight is 428 g/mol. The molecular weight excluding hydrogens is 398 g/mol. The summed E-state index contributed by atoms with van der Waals surface area (Å²) in [6, 6.07) is 28.4. The molecule has 0 amide bonds.